The standard InChI is InChI=1S/C23H22IN2O2.C3H7.U/c1-16-6-5-7-17(14-16)22(27)26-12-10-23(11-13-26)19-15-24(2)25-21(19)18-8-3-4-9-20(18)28-23;1-3-2;/h3-5,7-9,14-15H,10-13H2,1-2H3;3H,1-2H3;/q2*-1;+2. The Morgan fingerprint density at radius 3 is 2.59 bits per heavy atom. The molecule has 4 nitrogen and oxygen atoms in total. The van der Waals surface area contributed by atoms with Gasteiger partial charge in [-0.2, -0.15) is 13.8 Å². The molecule has 0 atom stereocenters. The van der Waals surface area contributed by atoms with E-state index in [4.69, 9.17) is 7.94 Å². The number of para-hydroxylation sites is 1. The normalized spacial score (nSPS) is 18.8. The van der Waals surface area contributed by atoms with Crippen molar-refractivity contribution in [2.75, 3.05) is 18.0 Å². The van der Waals surface area contributed by atoms with Crippen molar-refractivity contribution >= 4 is 31.7 Å². The maximum atomic E-state index is 12.9. The fourth-order valence-electron chi connectivity index (χ4n) is 4.28. The van der Waals surface area contributed by atoms with Crippen molar-refractivity contribution in [2.45, 2.75) is 39.2 Å². The Balaban J connectivity index is 0.000000686. The molecule has 0 aliphatic carbocycles. The third-order valence-electron chi connectivity index (χ3n) is 5.73. The molecule has 2 aromatic rings. The molecule has 1 fully saturated rings. The van der Waals surface area contributed by atoms with Gasteiger partial charge in [0.15, 0.2) is 0 Å². The zero-order chi connectivity index (χ0) is 22.0. The van der Waals surface area contributed by atoms with Crippen LogP contribution in [0.15, 0.2) is 55.3 Å². The van der Waals surface area contributed by atoms with Crippen molar-refractivity contribution in [3.05, 3.63) is 81.3 Å². The van der Waals surface area contributed by atoms with Gasteiger partial charge in [-0.1, -0.05) is 0 Å². The summed E-state index contributed by atoms with van der Waals surface area (Å²) in [7, 11) is 0. The summed E-state index contributed by atoms with van der Waals surface area (Å²) in [5.41, 5.74) is 4.93. The van der Waals surface area contributed by atoms with Crippen molar-refractivity contribution < 1.29 is 40.6 Å². The number of hydrogen-bond donors (Lipinski definition) is 0. The number of rotatable bonds is 1. The molecule has 0 bridgehead atoms. The minimum absolute atomic E-state index is 0. The predicted octanol–water partition coefficient (Wildman–Crippen LogP) is 5.83. The number of halogens is 1. The van der Waals surface area contributed by atoms with Gasteiger partial charge in [0.1, 0.15) is 0 Å². The van der Waals surface area contributed by atoms with Gasteiger partial charge < -0.3 is 6.42 Å². The molecule has 2 aromatic carbocycles. The number of carbonyl (C=O) groups excluding carboxylic acids is 1. The van der Waals surface area contributed by atoms with Crippen LogP contribution in [0.1, 0.15) is 48.2 Å². The van der Waals surface area contributed by atoms with E-state index < -0.39 is 20.1 Å². The van der Waals surface area contributed by atoms with Crippen LogP contribution in [0.3, 0.4) is 0 Å². The van der Waals surface area contributed by atoms with Gasteiger partial charge in [-0.15, -0.1) is 0 Å². The quantitative estimate of drug-likeness (QED) is 0.209. The number of amides is 1. The first kappa shape index (κ1) is 25.5. The van der Waals surface area contributed by atoms with Crippen LogP contribution in [0.25, 0.3) is 0 Å². The molecule has 0 radical (unpaired) electrons. The number of aryl methyl sites for hydroxylation is 1. The van der Waals surface area contributed by atoms with Gasteiger partial charge in [0, 0.05) is 0 Å². The maximum absolute atomic E-state index is 12.9. The first-order valence-electron chi connectivity index (χ1n) is 10.7. The number of ether oxygens (including phenoxy) is 1. The van der Waals surface area contributed by atoms with Crippen LogP contribution < -0.4 is 4.74 Å². The van der Waals surface area contributed by atoms with Crippen molar-refractivity contribution in [1.82, 2.24) is 4.90 Å². The Morgan fingerprint density at radius 1 is 1.22 bits per heavy atom. The van der Waals surface area contributed by atoms with E-state index in [1.54, 1.807) is 0 Å². The van der Waals surface area contributed by atoms with Gasteiger partial charge in [-0.05, 0) is 0 Å². The Morgan fingerprint density at radius 2 is 1.91 bits per heavy atom. The van der Waals surface area contributed by atoms with Crippen LogP contribution in [-0.2, 0) is 0 Å². The van der Waals surface area contributed by atoms with Crippen LogP contribution in [-0.4, -0.2) is 40.1 Å². The third kappa shape index (κ3) is 5.03. The Labute approximate surface area is 223 Å². The largest absolute Gasteiger partial charge is 2.00 e. The van der Waals surface area contributed by atoms with Gasteiger partial charge in [0.2, 0.25) is 0 Å². The van der Waals surface area contributed by atoms with Crippen LogP contribution in [0, 0.1) is 50.5 Å². The van der Waals surface area contributed by atoms with Gasteiger partial charge >= 0.3 is 204 Å². The summed E-state index contributed by atoms with van der Waals surface area (Å²) in [5, 5.41) is 0. The molecule has 0 saturated carbocycles. The summed E-state index contributed by atoms with van der Waals surface area (Å²) in [5.74, 6) is 1.03. The zero-order valence-corrected chi connectivity index (χ0v) is 25.4. The molecular weight excluding hydrogens is 737 g/mol. The van der Waals surface area contributed by atoms with Gasteiger partial charge in [0.25, 0.3) is 0 Å². The molecule has 1 spiro atoms. The molecule has 32 heavy (non-hydrogen) atoms. The van der Waals surface area contributed by atoms with Crippen LogP contribution in [0.4, 0.5) is 0 Å². The average molecular weight is 766 g/mol. The number of fused-ring (bicyclic) bond motifs is 4. The molecule has 1 amide bonds. The number of nitrogens with zero attached hydrogens (tertiary/aromatic N) is 2. The minimum Gasteiger partial charge on any atom is 2.00 e. The van der Waals surface area contributed by atoms with Crippen molar-refractivity contribution in [1.29, 1.82) is 0 Å². The molecule has 0 N–H and O–H groups in total. The van der Waals surface area contributed by atoms with Crippen LogP contribution >= 0.6 is 20.1 Å². The van der Waals surface area contributed by atoms with Crippen molar-refractivity contribution in [3.8, 4) is 5.75 Å². The summed E-state index contributed by atoms with van der Waals surface area (Å²) < 4.78 is 14.0. The monoisotopic (exact) mass is 766 g/mol. The molecular formula is C26H29IN2O2U. The number of piperidine rings is 1. The molecule has 0 unspecified atom stereocenters. The molecule has 5 rings (SSSR count). The molecule has 3 aliphatic rings. The average Bonchev–Trinajstić information content (AvgIpc) is 3.17. The first-order chi connectivity index (χ1) is 15.0. The van der Waals surface area contributed by atoms with E-state index in [0.717, 1.165) is 41.0 Å². The summed E-state index contributed by atoms with van der Waals surface area (Å²) in [6.07, 6.45) is 3.61. The van der Waals surface area contributed by atoms with Crippen LogP contribution in [0.2, 0.25) is 0 Å². The third-order valence-corrected chi connectivity index (χ3v) is 8.50. The van der Waals surface area contributed by atoms with E-state index in [1.807, 2.05) is 68.5 Å². The van der Waals surface area contributed by atoms with E-state index in [-0.39, 0.29) is 42.6 Å². The first-order valence-corrected chi connectivity index (χ1v) is 15.0. The number of likely N-dealkylation sites (tertiary alicyclic amines) is 1. The SMILES string of the molecule is C[CH-]C.Cc1[c-]ccc(C(=O)N2CCC3(CC2)Oc2ccccc2C2=NI(C)C=C23)c1.[U+2]. The molecule has 1 saturated heterocycles. The number of benzene rings is 2. The Hall–Kier alpha value is -1.10. The van der Waals surface area contributed by atoms with Crippen LogP contribution in [0.5, 0.6) is 5.75 Å². The minimum atomic E-state index is -1.43. The van der Waals surface area contributed by atoms with Crippen molar-refractivity contribution in [2.24, 2.45) is 3.21 Å². The summed E-state index contributed by atoms with van der Waals surface area (Å²) in [6, 6.07) is 16.9. The Bertz CT molecular complexity index is 1040. The molecule has 3 heterocycles. The van der Waals surface area contributed by atoms with E-state index in [0.29, 0.717) is 13.1 Å². The summed E-state index contributed by atoms with van der Waals surface area (Å²) >= 11 is -1.43. The second kappa shape index (κ2) is 10.9. The fraction of sp³-hybridized carbons (Fsp3) is 0.346. The number of carbonyl (C=O) groups is 1. The number of alkyl halides is 1. The second-order valence-corrected chi connectivity index (χ2v) is 12.0. The van der Waals surface area contributed by atoms with Gasteiger partial charge in [-0.3, -0.25) is 0 Å². The maximum Gasteiger partial charge on any atom is 2.00 e. The fourth-order valence-corrected chi connectivity index (χ4v) is 7.46. The van der Waals surface area contributed by atoms with E-state index in [1.165, 1.54) is 5.57 Å². The van der Waals surface area contributed by atoms with Gasteiger partial charge in [-0.25, -0.2) is 0 Å². The molecule has 3 aliphatic heterocycles. The predicted molar refractivity (Wildman–Crippen MR) is 135 cm³/mol. The second-order valence-electron chi connectivity index (χ2n) is 8.16. The van der Waals surface area contributed by atoms with E-state index in [2.05, 4.69) is 21.1 Å². The van der Waals surface area contributed by atoms with Gasteiger partial charge in [0.05, 0.1) is 0 Å². The zero-order valence-electron chi connectivity index (χ0n) is 19.1. The summed E-state index contributed by atoms with van der Waals surface area (Å²) in [4.78, 5) is 17.2. The van der Waals surface area contributed by atoms with Crippen molar-refractivity contribution in [3.63, 3.8) is 0 Å². The van der Waals surface area contributed by atoms with E-state index in [9.17, 15) is 4.79 Å². The summed E-state index contributed by atoms with van der Waals surface area (Å²) in [6.45, 7) is 7.36. The Kier molecular flexibility index (Phi) is 8.68. The molecule has 166 valence electrons. The molecule has 0 aromatic heterocycles. The number of hydrogen-bond acceptors (Lipinski definition) is 3. The van der Waals surface area contributed by atoms with E-state index >= 15 is 0 Å². The topological polar surface area (TPSA) is 41.9 Å². The molecule has 6 heteroatoms. The smallest absolute Gasteiger partial charge is 2.00 e.